The van der Waals surface area contributed by atoms with Gasteiger partial charge in [0.2, 0.25) is 0 Å². The van der Waals surface area contributed by atoms with Gasteiger partial charge in [0.05, 0.1) is 6.26 Å². The molecule has 1 heterocycles. The van der Waals surface area contributed by atoms with Crippen molar-refractivity contribution in [2.75, 3.05) is 13.6 Å². The Morgan fingerprint density at radius 1 is 1.29 bits per heavy atom. The van der Waals surface area contributed by atoms with Gasteiger partial charge in [-0.25, -0.2) is 4.39 Å². The summed E-state index contributed by atoms with van der Waals surface area (Å²) in [7, 11) is 1.95. The smallest absolute Gasteiger partial charge is 0.164 e. The molecule has 4 heteroatoms. The molecule has 0 saturated carbocycles. The fraction of sp³-hybridized carbons (Fsp3) is 0.353. The SMILES string of the molecule is Cc1ccc(C(=O)CCN(C)Cc2ccoc2C)cc1F. The van der Waals surface area contributed by atoms with E-state index in [1.807, 2.05) is 20.0 Å². The lowest BCUT2D eigenvalue weighted by molar-refractivity contribution is 0.0967. The number of rotatable bonds is 6. The summed E-state index contributed by atoms with van der Waals surface area (Å²) in [4.78, 5) is 14.1. The Morgan fingerprint density at radius 3 is 2.67 bits per heavy atom. The molecule has 112 valence electrons. The molecule has 1 aromatic carbocycles. The van der Waals surface area contributed by atoms with Crippen LogP contribution < -0.4 is 0 Å². The summed E-state index contributed by atoms with van der Waals surface area (Å²) in [5.74, 6) is 0.529. The molecular formula is C17H20FNO2. The van der Waals surface area contributed by atoms with Gasteiger partial charge in [0.15, 0.2) is 5.78 Å². The van der Waals surface area contributed by atoms with Gasteiger partial charge in [-0.1, -0.05) is 12.1 Å². The maximum absolute atomic E-state index is 13.5. The molecule has 2 aromatic rings. The molecule has 1 aromatic heterocycles. The number of ketones is 1. The minimum absolute atomic E-state index is 0.0373. The van der Waals surface area contributed by atoms with Gasteiger partial charge in [-0.2, -0.15) is 0 Å². The second-order valence-electron chi connectivity index (χ2n) is 5.38. The first-order valence-electron chi connectivity index (χ1n) is 6.98. The van der Waals surface area contributed by atoms with E-state index in [1.54, 1.807) is 25.3 Å². The molecule has 0 aliphatic carbocycles. The molecule has 0 N–H and O–H groups in total. The standard InChI is InChI=1S/C17H20FNO2/c1-12-4-5-14(10-16(12)18)17(20)6-8-19(3)11-15-7-9-21-13(15)2/h4-5,7,9-10H,6,8,11H2,1-3H3. The normalized spacial score (nSPS) is 11.1. The molecule has 0 aliphatic rings. The van der Waals surface area contributed by atoms with Gasteiger partial charge in [0.25, 0.3) is 0 Å². The molecule has 21 heavy (non-hydrogen) atoms. The largest absolute Gasteiger partial charge is 0.469 e. The summed E-state index contributed by atoms with van der Waals surface area (Å²) in [5.41, 5.74) is 2.11. The number of hydrogen-bond donors (Lipinski definition) is 0. The number of aryl methyl sites for hydroxylation is 2. The van der Waals surface area contributed by atoms with E-state index >= 15 is 0 Å². The van der Waals surface area contributed by atoms with Crippen molar-refractivity contribution in [1.82, 2.24) is 4.90 Å². The van der Waals surface area contributed by atoms with E-state index in [9.17, 15) is 9.18 Å². The third kappa shape index (κ3) is 4.02. The highest BCUT2D eigenvalue weighted by molar-refractivity contribution is 5.96. The van der Waals surface area contributed by atoms with Crippen LogP contribution in [0.4, 0.5) is 4.39 Å². The zero-order chi connectivity index (χ0) is 15.4. The Kier molecular flexibility index (Phi) is 4.91. The lowest BCUT2D eigenvalue weighted by atomic mass is 10.1. The average molecular weight is 289 g/mol. The number of Topliss-reactive ketones (excluding diaryl/α,β-unsaturated/α-hetero) is 1. The predicted molar refractivity (Wildman–Crippen MR) is 79.9 cm³/mol. The van der Waals surface area contributed by atoms with Gasteiger partial charge in [-0.05, 0) is 38.6 Å². The molecule has 0 radical (unpaired) electrons. The molecule has 0 fully saturated rings. The first kappa shape index (κ1) is 15.4. The lowest BCUT2D eigenvalue weighted by Crippen LogP contribution is -2.21. The summed E-state index contributed by atoms with van der Waals surface area (Å²) in [6.45, 7) is 4.96. The van der Waals surface area contributed by atoms with E-state index in [1.165, 1.54) is 6.07 Å². The molecule has 3 nitrogen and oxygen atoms in total. The van der Waals surface area contributed by atoms with Crippen LogP contribution in [0, 0.1) is 19.7 Å². The first-order chi connectivity index (χ1) is 9.97. The zero-order valence-electron chi connectivity index (χ0n) is 12.6. The first-order valence-corrected chi connectivity index (χ1v) is 6.98. The minimum Gasteiger partial charge on any atom is -0.469 e. The quantitative estimate of drug-likeness (QED) is 0.760. The zero-order valence-corrected chi connectivity index (χ0v) is 12.6. The summed E-state index contributed by atoms with van der Waals surface area (Å²) in [5, 5.41) is 0. The highest BCUT2D eigenvalue weighted by Gasteiger charge is 2.11. The lowest BCUT2D eigenvalue weighted by Gasteiger charge is -2.15. The maximum atomic E-state index is 13.5. The van der Waals surface area contributed by atoms with Crippen LogP contribution in [0.25, 0.3) is 0 Å². The van der Waals surface area contributed by atoms with Crippen molar-refractivity contribution in [3.05, 3.63) is 58.8 Å². The topological polar surface area (TPSA) is 33.5 Å². The summed E-state index contributed by atoms with van der Waals surface area (Å²) in [6, 6.07) is 6.57. The van der Waals surface area contributed by atoms with Crippen molar-refractivity contribution in [2.24, 2.45) is 0 Å². The van der Waals surface area contributed by atoms with Gasteiger partial charge >= 0.3 is 0 Å². The van der Waals surface area contributed by atoms with Crippen LogP contribution in [0.3, 0.4) is 0 Å². The number of nitrogens with zero attached hydrogens (tertiary/aromatic N) is 1. The van der Waals surface area contributed by atoms with E-state index in [-0.39, 0.29) is 11.6 Å². The summed E-state index contributed by atoms with van der Waals surface area (Å²) < 4.78 is 18.7. The molecule has 2 rings (SSSR count). The fourth-order valence-electron chi connectivity index (χ4n) is 2.15. The average Bonchev–Trinajstić information content (AvgIpc) is 2.84. The molecule has 0 aliphatic heterocycles. The third-order valence-electron chi connectivity index (χ3n) is 3.62. The Hall–Kier alpha value is -1.94. The van der Waals surface area contributed by atoms with Crippen molar-refractivity contribution in [1.29, 1.82) is 0 Å². The highest BCUT2D eigenvalue weighted by Crippen LogP contribution is 2.13. The Labute approximate surface area is 124 Å². The fourth-order valence-corrected chi connectivity index (χ4v) is 2.15. The van der Waals surface area contributed by atoms with E-state index in [0.29, 0.717) is 24.1 Å². The Morgan fingerprint density at radius 2 is 2.05 bits per heavy atom. The van der Waals surface area contributed by atoms with Crippen LogP contribution >= 0.6 is 0 Å². The third-order valence-corrected chi connectivity index (χ3v) is 3.62. The predicted octanol–water partition coefficient (Wildman–Crippen LogP) is 3.74. The second-order valence-corrected chi connectivity index (χ2v) is 5.38. The van der Waals surface area contributed by atoms with Crippen molar-refractivity contribution < 1.29 is 13.6 Å². The Bertz CT molecular complexity index is 633. The van der Waals surface area contributed by atoms with E-state index < -0.39 is 0 Å². The second kappa shape index (κ2) is 6.68. The van der Waals surface area contributed by atoms with Crippen LogP contribution in [0.15, 0.2) is 34.9 Å². The summed E-state index contributed by atoms with van der Waals surface area (Å²) in [6.07, 6.45) is 2.04. The molecule has 0 spiro atoms. The van der Waals surface area contributed by atoms with Gasteiger partial charge in [0, 0.05) is 30.6 Å². The van der Waals surface area contributed by atoms with Crippen LogP contribution in [0.1, 0.15) is 33.7 Å². The van der Waals surface area contributed by atoms with E-state index in [2.05, 4.69) is 4.90 Å². The van der Waals surface area contributed by atoms with Gasteiger partial charge in [0.1, 0.15) is 11.6 Å². The van der Waals surface area contributed by atoms with Gasteiger partial charge in [-0.3, -0.25) is 4.79 Å². The maximum Gasteiger partial charge on any atom is 0.164 e. The van der Waals surface area contributed by atoms with Crippen molar-refractivity contribution >= 4 is 5.78 Å². The molecule has 0 unspecified atom stereocenters. The van der Waals surface area contributed by atoms with Crippen molar-refractivity contribution in [3.8, 4) is 0 Å². The summed E-state index contributed by atoms with van der Waals surface area (Å²) >= 11 is 0. The Balaban J connectivity index is 1.88. The number of carbonyl (C=O) groups is 1. The van der Waals surface area contributed by atoms with Crippen molar-refractivity contribution in [2.45, 2.75) is 26.8 Å². The van der Waals surface area contributed by atoms with Crippen molar-refractivity contribution in [3.63, 3.8) is 0 Å². The number of halogens is 1. The van der Waals surface area contributed by atoms with Gasteiger partial charge < -0.3 is 9.32 Å². The molecule has 0 atom stereocenters. The molecule has 0 saturated heterocycles. The van der Waals surface area contributed by atoms with Gasteiger partial charge in [-0.15, -0.1) is 0 Å². The van der Waals surface area contributed by atoms with Crippen LogP contribution in [-0.2, 0) is 6.54 Å². The van der Waals surface area contributed by atoms with E-state index in [4.69, 9.17) is 4.42 Å². The van der Waals surface area contributed by atoms with Crippen LogP contribution in [-0.4, -0.2) is 24.3 Å². The van der Waals surface area contributed by atoms with E-state index in [0.717, 1.165) is 17.9 Å². The number of hydrogen-bond acceptors (Lipinski definition) is 3. The molecule has 0 amide bonds. The molecule has 0 bridgehead atoms. The number of benzene rings is 1. The van der Waals surface area contributed by atoms with Crippen LogP contribution in [0.2, 0.25) is 0 Å². The minimum atomic E-state index is -0.330. The molecular weight excluding hydrogens is 269 g/mol. The van der Waals surface area contributed by atoms with Crippen LogP contribution in [0.5, 0.6) is 0 Å². The number of carbonyl (C=O) groups excluding carboxylic acids is 1. The number of furan rings is 1. The monoisotopic (exact) mass is 289 g/mol. The highest BCUT2D eigenvalue weighted by atomic mass is 19.1.